The molecule has 0 saturated heterocycles. The standard InChI is InChI=1S/C11H8ClFN4O2S/c1-17-6-15-11(10(17)12)20(18,19)16-9-3-2-8(13)4-7(9)5-14/h2-4,6,16H,1H3. The second-order valence-corrected chi connectivity index (χ2v) is 5.81. The smallest absolute Gasteiger partial charge is 0.282 e. The molecule has 104 valence electrons. The van der Waals surface area contributed by atoms with Crippen LogP contribution in [0, 0.1) is 17.1 Å². The van der Waals surface area contributed by atoms with E-state index in [1.807, 2.05) is 0 Å². The molecule has 0 fully saturated rings. The number of sulfonamides is 1. The highest BCUT2D eigenvalue weighted by Gasteiger charge is 2.23. The van der Waals surface area contributed by atoms with Gasteiger partial charge in [-0.3, -0.25) is 4.72 Å². The minimum Gasteiger partial charge on any atom is -0.324 e. The van der Waals surface area contributed by atoms with Crippen molar-refractivity contribution in [3.63, 3.8) is 0 Å². The van der Waals surface area contributed by atoms with Gasteiger partial charge in [0, 0.05) is 7.05 Å². The van der Waals surface area contributed by atoms with Crippen LogP contribution in [0.1, 0.15) is 5.56 Å². The summed E-state index contributed by atoms with van der Waals surface area (Å²) in [4.78, 5) is 3.68. The topological polar surface area (TPSA) is 87.8 Å². The van der Waals surface area contributed by atoms with Crippen LogP contribution in [0.15, 0.2) is 29.6 Å². The minimum absolute atomic E-state index is 0.0457. The zero-order valence-corrected chi connectivity index (χ0v) is 11.7. The summed E-state index contributed by atoms with van der Waals surface area (Å²) in [7, 11) is -2.52. The highest BCUT2D eigenvalue weighted by molar-refractivity contribution is 7.92. The van der Waals surface area contributed by atoms with E-state index in [1.54, 1.807) is 6.07 Å². The molecule has 6 nitrogen and oxygen atoms in total. The quantitative estimate of drug-likeness (QED) is 0.937. The van der Waals surface area contributed by atoms with Crippen LogP contribution in [0.5, 0.6) is 0 Å². The summed E-state index contributed by atoms with van der Waals surface area (Å²) in [5.41, 5.74) is -0.184. The number of imidazole rings is 1. The normalized spacial score (nSPS) is 11.1. The molecular weight excluding hydrogens is 307 g/mol. The molecule has 0 amide bonds. The third-order valence-corrected chi connectivity index (χ3v) is 4.29. The van der Waals surface area contributed by atoms with E-state index in [9.17, 15) is 12.8 Å². The molecule has 0 bridgehead atoms. The lowest BCUT2D eigenvalue weighted by atomic mass is 10.2. The number of aryl methyl sites for hydroxylation is 1. The van der Waals surface area contributed by atoms with Crippen molar-refractivity contribution >= 4 is 27.3 Å². The summed E-state index contributed by atoms with van der Waals surface area (Å²) >= 11 is 5.81. The number of halogens is 2. The fourth-order valence-electron chi connectivity index (χ4n) is 1.47. The summed E-state index contributed by atoms with van der Waals surface area (Å²) < 4.78 is 40.7. The fourth-order valence-corrected chi connectivity index (χ4v) is 2.98. The predicted molar refractivity (Wildman–Crippen MR) is 70.1 cm³/mol. The number of rotatable bonds is 3. The fraction of sp³-hybridized carbons (Fsp3) is 0.0909. The van der Waals surface area contributed by atoms with E-state index in [0.717, 1.165) is 18.2 Å². The highest BCUT2D eigenvalue weighted by atomic mass is 35.5. The van der Waals surface area contributed by atoms with Crippen LogP contribution in [0.2, 0.25) is 5.15 Å². The Balaban J connectivity index is 2.44. The molecule has 1 aromatic heterocycles. The zero-order chi connectivity index (χ0) is 14.9. The number of anilines is 1. The first-order valence-corrected chi connectivity index (χ1v) is 7.10. The molecule has 1 N–H and O–H groups in total. The molecular formula is C11H8ClFN4O2S. The van der Waals surface area contributed by atoms with Gasteiger partial charge in [-0.25, -0.2) is 9.37 Å². The molecule has 2 aromatic rings. The van der Waals surface area contributed by atoms with Gasteiger partial charge in [-0.2, -0.15) is 13.7 Å². The minimum atomic E-state index is -4.06. The van der Waals surface area contributed by atoms with Gasteiger partial charge in [0.25, 0.3) is 10.0 Å². The van der Waals surface area contributed by atoms with Crippen molar-refractivity contribution in [1.29, 1.82) is 5.26 Å². The van der Waals surface area contributed by atoms with Gasteiger partial charge in [-0.05, 0) is 18.2 Å². The first-order valence-electron chi connectivity index (χ1n) is 5.24. The SMILES string of the molecule is Cn1cnc(S(=O)(=O)Nc2ccc(F)cc2C#N)c1Cl. The van der Waals surface area contributed by atoms with Crippen LogP contribution in [-0.4, -0.2) is 18.0 Å². The van der Waals surface area contributed by atoms with Crippen molar-refractivity contribution in [3.8, 4) is 6.07 Å². The monoisotopic (exact) mass is 314 g/mol. The second-order valence-electron chi connectivity index (χ2n) is 3.86. The molecule has 20 heavy (non-hydrogen) atoms. The molecule has 2 rings (SSSR count). The van der Waals surface area contributed by atoms with E-state index < -0.39 is 15.8 Å². The molecule has 0 aliphatic carbocycles. The first kappa shape index (κ1) is 14.3. The van der Waals surface area contributed by atoms with Crippen molar-refractivity contribution in [2.75, 3.05) is 4.72 Å². The van der Waals surface area contributed by atoms with Gasteiger partial charge in [0.2, 0.25) is 5.03 Å². The van der Waals surface area contributed by atoms with Crippen molar-refractivity contribution in [2.45, 2.75) is 5.03 Å². The molecule has 0 aliphatic heterocycles. The maximum atomic E-state index is 13.0. The van der Waals surface area contributed by atoms with Crippen molar-refractivity contribution < 1.29 is 12.8 Å². The Hall–Kier alpha value is -2.11. The Labute approximate surface area is 119 Å². The second kappa shape index (κ2) is 5.11. The van der Waals surface area contributed by atoms with Gasteiger partial charge in [0.1, 0.15) is 17.0 Å². The van der Waals surface area contributed by atoms with Gasteiger partial charge < -0.3 is 4.57 Å². The highest BCUT2D eigenvalue weighted by Crippen LogP contribution is 2.23. The molecule has 1 aromatic carbocycles. The van der Waals surface area contributed by atoms with E-state index in [-0.39, 0.29) is 21.4 Å². The maximum Gasteiger partial charge on any atom is 0.282 e. The van der Waals surface area contributed by atoms with Crippen molar-refractivity contribution in [2.24, 2.45) is 7.05 Å². The molecule has 0 unspecified atom stereocenters. The Morgan fingerprint density at radius 3 is 2.75 bits per heavy atom. The molecule has 0 atom stereocenters. The van der Waals surface area contributed by atoms with Gasteiger partial charge in [-0.15, -0.1) is 0 Å². The number of nitrogens with zero attached hydrogens (tertiary/aromatic N) is 3. The van der Waals surface area contributed by atoms with Crippen molar-refractivity contribution in [1.82, 2.24) is 9.55 Å². The predicted octanol–water partition coefficient (Wildman–Crippen LogP) is 1.89. The zero-order valence-electron chi connectivity index (χ0n) is 10.1. The van der Waals surface area contributed by atoms with Crippen LogP contribution in [0.3, 0.4) is 0 Å². The summed E-state index contributed by atoms with van der Waals surface area (Å²) in [5, 5.41) is 8.43. The van der Waals surface area contributed by atoms with Crippen molar-refractivity contribution in [3.05, 3.63) is 41.1 Å². The van der Waals surface area contributed by atoms with E-state index in [1.165, 1.54) is 17.9 Å². The Morgan fingerprint density at radius 1 is 1.50 bits per heavy atom. The third kappa shape index (κ3) is 2.59. The van der Waals surface area contributed by atoms with Gasteiger partial charge in [0.05, 0.1) is 17.6 Å². The molecule has 0 saturated carbocycles. The Morgan fingerprint density at radius 2 is 2.20 bits per heavy atom. The lowest BCUT2D eigenvalue weighted by Gasteiger charge is -2.08. The summed E-state index contributed by atoms with van der Waals surface area (Å²) in [6.45, 7) is 0. The van der Waals surface area contributed by atoms with Crippen LogP contribution >= 0.6 is 11.6 Å². The number of nitrogens with one attached hydrogen (secondary N) is 1. The average molecular weight is 315 g/mol. The number of benzene rings is 1. The number of hydrogen-bond donors (Lipinski definition) is 1. The maximum absolute atomic E-state index is 13.0. The van der Waals surface area contributed by atoms with Crippen LogP contribution in [-0.2, 0) is 17.1 Å². The lowest BCUT2D eigenvalue weighted by Crippen LogP contribution is -2.15. The molecule has 0 radical (unpaired) electrons. The van der Waals surface area contributed by atoms with E-state index >= 15 is 0 Å². The number of aromatic nitrogens is 2. The first-order chi connectivity index (χ1) is 9.35. The summed E-state index contributed by atoms with van der Waals surface area (Å²) in [5.74, 6) is -0.639. The largest absolute Gasteiger partial charge is 0.324 e. The number of nitriles is 1. The molecule has 9 heteroatoms. The van der Waals surface area contributed by atoms with E-state index in [2.05, 4.69) is 9.71 Å². The number of hydrogen-bond acceptors (Lipinski definition) is 4. The van der Waals surface area contributed by atoms with Gasteiger partial charge in [0.15, 0.2) is 0 Å². The van der Waals surface area contributed by atoms with Crippen LogP contribution in [0.4, 0.5) is 10.1 Å². The van der Waals surface area contributed by atoms with Crippen LogP contribution in [0.25, 0.3) is 0 Å². The molecule has 0 aliphatic rings. The van der Waals surface area contributed by atoms with Crippen LogP contribution < -0.4 is 4.72 Å². The molecule has 1 heterocycles. The average Bonchev–Trinajstić information content (AvgIpc) is 2.72. The van der Waals surface area contributed by atoms with Gasteiger partial charge >= 0.3 is 0 Å². The van der Waals surface area contributed by atoms with Gasteiger partial charge in [-0.1, -0.05) is 11.6 Å². The Bertz CT molecular complexity index is 810. The van der Waals surface area contributed by atoms with E-state index in [4.69, 9.17) is 16.9 Å². The summed E-state index contributed by atoms with van der Waals surface area (Å²) in [6, 6.07) is 4.83. The summed E-state index contributed by atoms with van der Waals surface area (Å²) in [6.07, 6.45) is 1.24. The van der Waals surface area contributed by atoms with E-state index in [0.29, 0.717) is 0 Å². The Kier molecular flexibility index (Phi) is 3.65. The lowest BCUT2D eigenvalue weighted by molar-refractivity contribution is 0.598. The third-order valence-electron chi connectivity index (χ3n) is 2.44. The molecule has 0 spiro atoms.